The fourth-order valence-electron chi connectivity index (χ4n) is 1.95. The number of fused-ring (bicyclic) bond motifs is 1. The van der Waals surface area contributed by atoms with Gasteiger partial charge < -0.3 is 4.74 Å². The zero-order chi connectivity index (χ0) is 15.7. The van der Waals surface area contributed by atoms with Crippen molar-refractivity contribution in [1.29, 1.82) is 0 Å². The molecule has 1 N–H and O–H groups in total. The summed E-state index contributed by atoms with van der Waals surface area (Å²) in [5.74, 6) is -0.679. The number of pyridine rings is 1. The van der Waals surface area contributed by atoms with Gasteiger partial charge in [-0.15, -0.1) is 11.3 Å². The predicted octanol–water partition coefficient (Wildman–Crippen LogP) is 1.98. The Bertz CT molecular complexity index is 943. The number of nitrogens with one attached hydrogen (secondary N) is 1. The van der Waals surface area contributed by atoms with E-state index in [2.05, 4.69) is 14.6 Å². The van der Waals surface area contributed by atoms with E-state index in [-0.39, 0.29) is 9.77 Å². The van der Waals surface area contributed by atoms with Crippen LogP contribution in [-0.4, -0.2) is 31.1 Å². The van der Waals surface area contributed by atoms with Crippen molar-refractivity contribution in [3.8, 4) is 0 Å². The number of carbonyl (C=O) groups is 1. The largest absolute Gasteiger partial charge is 0.465 e. The van der Waals surface area contributed by atoms with Gasteiger partial charge in [-0.05, 0) is 29.6 Å². The minimum Gasteiger partial charge on any atom is -0.465 e. The highest BCUT2D eigenvalue weighted by Crippen LogP contribution is 2.25. The minimum absolute atomic E-state index is 0.0421. The van der Waals surface area contributed by atoms with Crippen LogP contribution in [-0.2, 0) is 14.8 Å². The fourth-order valence-corrected chi connectivity index (χ4v) is 4.33. The van der Waals surface area contributed by atoms with Crippen LogP contribution in [0.15, 0.2) is 46.9 Å². The molecule has 0 saturated carbocycles. The van der Waals surface area contributed by atoms with Crippen LogP contribution in [0.2, 0.25) is 0 Å². The zero-order valence-electron chi connectivity index (χ0n) is 11.4. The highest BCUT2D eigenvalue weighted by atomic mass is 32.2. The number of rotatable bonds is 4. The van der Waals surface area contributed by atoms with E-state index in [4.69, 9.17) is 0 Å². The number of esters is 1. The van der Waals surface area contributed by atoms with Gasteiger partial charge in [0, 0.05) is 12.4 Å². The number of methoxy groups -OCH3 is 1. The Labute approximate surface area is 130 Å². The first-order valence-electron chi connectivity index (χ1n) is 6.13. The molecule has 114 valence electrons. The van der Waals surface area contributed by atoms with Crippen LogP contribution in [0.5, 0.6) is 0 Å². The molecule has 0 aliphatic carbocycles. The molecule has 0 spiro atoms. The number of anilines is 1. The fraction of sp³-hybridized carbons (Fsp3) is 0.0769. The van der Waals surface area contributed by atoms with E-state index in [0.717, 1.165) is 16.9 Å². The van der Waals surface area contributed by atoms with Crippen LogP contribution >= 0.6 is 11.3 Å². The van der Waals surface area contributed by atoms with Gasteiger partial charge in [-0.3, -0.25) is 4.72 Å². The molecule has 0 atom stereocenters. The van der Waals surface area contributed by atoms with Crippen molar-refractivity contribution >= 4 is 38.5 Å². The molecular weight excluding hydrogens is 326 g/mol. The SMILES string of the molecule is COC(=O)c1sccc1S(=O)(=O)Nc1ccn2nccc2c1. The lowest BCUT2D eigenvalue weighted by atomic mass is 10.4. The number of hydrogen-bond acceptors (Lipinski definition) is 6. The Morgan fingerprint density at radius 1 is 1.36 bits per heavy atom. The first-order valence-corrected chi connectivity index (χ1v) is 8.49. The Balaban J connectivity index is 1.96. The number of nitrogens with zero attached hydrogens (tertiary/aromatic N) is 2. The van der Waals surface area contributed by atoms with Crippen molar-refractivity contribution in [2.75, 3.05) is 11.8 Å². The second-order valence-electron chi connectivity index (χ2n) is 4.33. The molecule has 0 bridgehead atoms. The summed E-state index contributed by atoms with van der Waals surface area (Å²) in [5.41, 5.74) is 1.13. The van der Waals surface area contributed by atoms with E-state index in [9.17, 15) is 13.2 Å². The quantitative estimate of drug-likeness (QED) is 0.735. The normalized spacial score (nSPS) is 11.5. The molecule has 22 heavy (non-hydrogen) atoms. The number of aromatic nitrogens is 2. The van der Waals surface area contributed by atoms with Gasteiger partial charge in [0.25, 0.3) is 10.0 Å². The topological polar surface area (TPSA) is 89.8 Å². The van der Waals surface area contributed by atoms with Crippen molar-refractivity contribution in [2.45, 2.75) is 4.90 Å². The molecule has 0 aliphatic rings. The monoisotopic (exact) mass is 337 g/mol. The van der Waals surface area contributed by atoms with E-state index < -0.39 is 16.0 Å². The van der Waals surface area contributed by atoms with Crippen molar-refractivity contribution in [1.82, 2.24) is 9.61 Å². The maximum atomic E-state index is 12.4. The van der Waals surface area contributed by atoms with Crippen LogP contribution in [0.25, 0.3) is 5.52 Å². The smallest absolute Gasteiger partial charge is 0.349 e. The first-order chi connectivity index (χ1) is 10.5. The van der Waals surface area contributed by atoms with Crippen molar-refractivity contribution in [3.63, 3.8) is 0 Å². The third-order valence-electron chi connectivity index (χ3n) is 2.94. The second-order valence-corrected chi connectivity index (χ2v) is 6.89. The molecule has 0 aromatic carbocycles. The maximum absolute atomic E-state index is 12.4. The summed E-state index contributed by atoms with van der Waals surface area (Å²) in [6.45, 7) is 0. The second kappa shape index (κ2) is 5.43. The molecule has 3 rings (SSSR count). The van der Waals surface area contributed by atoms with Crippen molar-refractivity contribution < 1.29 is 17.9 Å². The molecule has 7 nitrogen and oxygen atoms in total. The van der Waals surface area contributed by atoms with Gasteiger partial charge in [0.05, 0.1) is 18.3 Å². The summed E-state index contributed by atoms with van der Waals surface area (Å²) >= 11 is 1.02. The van der Waals surface area contributed by atoms with Crippen LogP contribution in [0.4, 0.5) is 5.69 Å². The molecule has 0 unspecified atom stereocenters. The highest BCUT2D eigenvalue weighted by Gasteiger charge is 2.24. The molecule has 3 aromatic heterocycles. The third kappa shape index (κ3) is 2.55. The molecule has 0 fully saturated rings. The number of carbonyl (C=O) groups excluding carboxylic acids is 1. The van der Waals surface area contributed by atoms with Crippen LogP contribution < -0.4 is 4.72 Å². The number of sulfonamides is 1. The van der Waals surface area contributed by atoms with E-state index in [1.54, 1.807) is 35.1 Å². The van der Waals surface area contributed by atoms with Crippen LogP contribution in [0, 0.1) is 0 Å². The lowest BCUT2D eigenvalue weighted by Crippen LogP contribution is -2.15. The molecule has 0 radical (unpaired) electrons. The zero-order valence-corrected chi connectivity index (χ0v) is 13.0. The molecular formula is C13H11N3O4S2. The van der Waals surface area contributed by atoms with Crippen molar-refractivity contribution in [2.24, 2.45) is 0 Å². The summed E-state index contributed by atoms with van der Waals surface area (Å²) in [6, 6.07) is 6.36. The standard InChI is InChI=1S/C13H11N3O4S2/c1-20-13(17)12-11(4-7-21-12)22(18,19)15-9-3-6-16-10(8-9)2-5-14-16/h2-8,15H,1H3. The molecule has 3 heterocycles. The van der Waals surface area contributed by atoms with E-state index in [0.29, 0.717) is 5.69 Å². The van der Waals surface area contributed by atoms with Crippen molar-refractivity contribution in [3.05, 3.63) is 46.9 Å². The number of hydrogen-bond donors (Lipinski definition) is 1. The van der Waals surface area contributed by atoms with E-state index in [1.165, 1.54) is 18.6 Å². The minimum atomic E-state index is -3.88. The lowest BCUT2D eigenvalue weighted by Gasteiger charge is -2.08. The average Bonchev–Trinajstić information content (AvgIpc) is 3.14. The predicted molar refractivity (Wildman–Crippen MR) is 81.7 cm³/mol. The van der Waals surface area contributed by atoms with Crippen LogP contribution in [0.3, 0.4) is 0 Å². The third-order valence-corrected chi connectivity index (χ3v) is 5.39. The van der Waals surface area contributed by atoms with Gasteiger partial charge in [-0.25, -0.2) is 17.7 Å². The summed E-state index contributed by atoms with van der Waals surface area (Å²) in [5, 5.41) is 5.56. The molecule has 0 aliphatic heterocycles. The van der Waals surface area contributed by atoms with Gasteiger partial charge in [0.1, 0.15) is 9.77 Å². The lowest BCUT2D eigenvalue weighted by molar-refractivity contribution is 0.0602. The van der Waals surface area contributed by atoms with Gasteiger partial charge in [-0.2, -0.15) is 5.10 Å². The number of thiophene rings is 1. The first kappa shape index (κ1) is 14.5. The summed E-state index contributed by atoms with van der Waals surface area (Å²) in [7, 11) is -2.67. The number of ether oxygens (including phenoxy) is 1. The molecule has 0 saturated heterocycles. The Kier molecular flexibility index (Phi) is 3.59. The van der Waals surface area contributed by atoms with Crippen LogP contribution in [0.1, 0.15) is 9.67 Å². The van der Waals surface area contributed by atoms with Gasteiger partial charge in [0.2, 0.25) is 0 Å². The summed E-state index contributed by atoms with van der Waals surface area (Å²) in [6.07, 6.45) is 3.25. The van der Waals surface area contributed by atoms with Gasteiger partial charge in [-0.1, -0.05) is 0 Å². The Hall–Kier alpha value is -2.39. The molecule has 3 aromatic rings. The molecule has 9 heteroatoms. The highest BCUT2D eigenvalue weighted by molar-refractivity contribution is 7.93. The average molecular weight is 337 g/mol. The molecule has 0 amide bonds. The van der Waals surface area contributed by atoms with Gasteiger partial charge in [0.15, 0.2) is 0 Å². The van der Waals surface area contributed by atoms with E-state index >= 15 is 0 Å². The maximum Gasteiger partial charge on any atom is 0.349 e. The Morgan fingerprint density at radius 2 is 2.18 bits per heavy atom. The Morgan fingerprint density at radius 3 is 2.95 bits per heavy atom. The van der Waals surface area contributed by atoms with E-state index in [1.807, 2.05) is 0 Å². The summed E-state index contributed by atoms with van der Waals surface area (Å²) < 4.78 is 33.5. The summed E-state index contributed by atoms with van der Waals surface area (Å²) in [4.78, 5) is 11.6. The van der Waals surface area contributed by atoms with Gasteiger partial charge >= 0.3 is 5.97 Å².